The van der Waals surface area contributed by atoms with Crippen molar-refractivity contribution in [3.63, 3.8) is 0 Å². The summed E-state index contributed by atoms with van der Waals surface area (Å²) in [5.41, 5.74) is 1.01. The summed E-state index contributed by atoms with van der Waals surface area (Å²) in [7, 11) is -2.29. The molecule has 0 aliphatic heterocycles. The van der Waals surface area contributed by atoms with Gasteiger partial charge in [0.1, 0.15) is 6.04 Å². The van der Waals surface area contributed by atoms with Crippen molar-refractivity contribution in [1.29, 1.82) is 0 Å². The van der Waals surface area contributed by atoms with Crippen molar-refractivity contribution in [2.75, 3.05) is 19.0 Å². The summed E-state index contributed by atoms with van der Waals surface area (Å²) >= 11 is 0. The number of hydrogen-bond donors (Lipinski definition) is 3. The topological polar surface area (TPSA) is 149 Å². The number of nitrogens with zero attached hydrogens (tertiary/aromatic N) is 2. The van der Waals surface area contributed by atoms with E-state index in [9.17, 15) is 13.2 Å². The second-order valence-corrected chi connectivity index (χ2v) is 7.19. The number of nitrogens with one attached hydrogen (secondary N) is 2. The van der Waals surface area contributed by atoms with Gasteiger partial charge in [-0.05, 0) is 31.5 Å². The highest BCUT2D eigenvalue weighted by atomic mass is 32.2. The first-order valence-electron chi connectivity index (χ1n) is 7.73. The average molecular weight is 383 g/mol. The molecular formula is C15H21N5O5S. The quantitative estimate of drug-likeness (QED) is 0.648. The monoisotopic (exact) mass is 383 g/mol. The summed E-state index contributed by atoms with van der Waals surface area (Å²) in [6.45, 7) is 3.87. The lowest BCUT2D eigenvalue weighted by Gasteiger charge is -2.13. The molecule has 1 aromatic heterocycles. The number of amides is 2. The summed E-state index contributed by atoms with van der Waals surface area (Å²) < 4.78 is 32.9. The zero-order valence-corrected chi connectivity index (χ0v) is 15.5. The molecule has 0 saturated carbocycles. The number of sulfonamides is 1. The number of benzene rings is 1. The zero-order chi connectivity index (χ0) is 19.3. The first kappa shape index (κ1) is 19.8. The van der Waals surface area contributed by atoms with E-state index >= 15 is 0 Å². The number of rotatable bonds is 7. The standard InChI is InChI=1S/C15H21N5O5S/c1-9-4-5-11(26(16,22)23)8-12(9)18-15(21)17-10(2)14-19-13(20-25-14)6-7-24-3/h4-5,8,10H,6-7H2,1-3H3,(H2,16,22,23)(H2,17,18,21). The van der Waals surface area contributed by atoms with Crippen molar-refractivity contribution in [3.05, 3.63) is 35.5 Å². The van der Waals surface area contributed by atoms with Gasteiger partial charge in [0.2, 0.25) is 15.9 Å². The van der Waals surface area contributed by atoms with E-state index in [1.807, 2.05) is 0 Å². The lowest BCUT2D eigenvalue weighted by molar-refractivity contribution is 0.199. The molecule has 11 heteroatoms. The van der Waals surface area contributed by atoms with Gasteiger partial charge in [0, 0.05) is 19.2 Å². The largest absolute Gasteiger partial charge is 0.384 e. The molecule has 0 spiro atoms. The van der Waals surface area contributed by atoms with Gasteiger partial charge in [-0.3, -0.25) is 0 Å². The second kappa shape index (κ2) is 8.25. The van der Waals surface area contributed by atoms with Crippen molar-refractivity contribution < 1.29 is 22.5 Å². The van der Waals surface area contributed by atoms with Gasteiger partial charge in [-0.15, -0.1) is 0 Å². The van der Waals surface area contributed by atoms with E-state index in [4.69, 9.17) is 14.4 Å². The van der Waals surface area contributed by atoms with E-state index in [-0.39, 0.29) is 10.8 Å². The fourth-order valence-electron chi connectivity index (χ4n) is 2.07. The Morgan fingerprint density at radius 1 is 1.42 bits per heavy atom. The smallest absolute Gasteiger partial charge is 0.319 e. The Morgan fingerprint density at radius 3 is 2.81 bits per heavy atom. The van der Waals surface area contributed by atoms with Crippen LogP contribution in [0.3, 0.4) is 0 Å². The maximum Gasteiger partial charge on any atom is 0.319 e. The summed E-state index contributed by atoms with van der Waals surface area (Å²) in [5, 5.41) is 14.1. The van der Waals surface area contributed by atoms with E-state index in [1.54, 1.807) is 27.0 Å². The number of methoxy groups -OCH3 is 1. The number of hydrogen-bond acceptors (Lipinski definition) is 7. The number of carbonyl (C=O) groups is 1. The molecule has 26 heavy (non-hydrogen) atoms. The van der Waals surface area contributed by atoms with Crippen molar-refractivity contribution in [3.8, 4) is 0 Å². The van der Waals surface area contributed by atoms with Crippen LogP contribution in [0.15, 0.2) is 27.6 Å². The number of nitrogens with two attached hydrogens (primary N) is 1. The highest BCUT2D eigenvalue weighted by Crippen LogP contribution is 2.19. The molecule has 0 aliphatic carbocycles. The van der Waals surface area contributed by atoms with E-state index in [2.05, 4.69) is 20.8 Å². The molecule has 1 atom stereocenters. The third kappa shape index (κ3) is 5.25. The maximum absolute atomic E-state index is 12.2. The van der Waals surface area contributed by atoms with E-state index in [0.717, 1.165) is 0 Å². The minimum atomic E-state index is -3.86. The number of carbonyl (C=O) groups excluding carboxylic acids is 1. The minimum absolute atomic E-state index is 0.0915. The van der Waals surface area contributed by atoms with Gasteiger partial charge < -0.3 is 19.9 Å². The Hall–Kier alpha value is -2.50. The number of urea groups is 1. The van der Waals surface area contributed by atoms with Crippen LogP contribution in [0.5, 0.6) is 0 Å². The van der Waals surface area contributed by atoms with Crippen LogP contribution in [-0.2, 0) is 21.2 Å². The van der Waals surface area contributed by atoms with Crippen LogP contribution in [0, 0.1) is 6.92 Å². The molecule has 10 nitrogen and oxygen atoms in total. The van der Waals surface area contributed by atoms with Gasteiger partial charge in [0.25, 0.3) is 0 Å². The molecule has 1 aromatic carbocycles. The summed E-state index contributed by atoms with van der Waals surface area (Å²) in [5.74, 6) is 0.730. The lowest BCUT2D eigenvalue weighted by atomic mass is 10.2. The first-order chi connectivity index (χ1) is 12.2. The Bertz CT molecular complexity index is 880. The van der Waals surface area contributed by atoms with Gasteiger partial charge in [0.05, 0.1) is 11.5 Å². The fourth-order valence-corrected chi connectivity index (χ4v) is 2.61. The summed E-state index contributed by atoms with van der Waals surface area (Å²) in [6.07, 6.45) is 0.498. The normalized spacial score (nSPS) is 12.6. The van der Waals surface area contributed by atoms with Crippen LogP contribution < -0.4 is 15.8 Å². The first-order valence-corrected chi connectivity index (χ1v) is 9.27. The number of primary sulfonamides is 1. The molecular weight excluding hydrogens is 362 g/mol. The number of ether oxygens (including phenoxy) is 1. The third-order valence-corrected chi connectivity index (χ3v) is 4.43. The average Bonchev–Trinajstić information content (AvgIpc) is 3.03. The molecule has 0 radical (unpaired) electrons. The molecule has 2 rings (SSSR count). The van der Waals surface area contributed by atoms with Gasteiger partial charge in [-0.25, -0.2) is 18.4 Å². The van der Waals surface area contributed by atoms with Crippen molar-refractivity contribution >= 4 is 21.7 Å². The molecule has 0 aliphatic rings. The number of anilines is 1. The van der Waals surface area contributed by atoms with Crippen LogP contribution in [0.4, 0.5) is 10.5 Å². The van der Waals surface area contributed by atoms with Crippen LogP contribution in [0.1, 0.15) is 30.2 Å². The van der Waals surface area contributed by atoms with E-state index in [1.165, 1.54) is 12.1 Å². The van der Waals surface area contributed by atoms with Crippen molar-refractivity contribution in [2.24, 2.45) is 5.14 Å². The maximum atomic E-state index is 12.2. The molecule has 0 fully saturated rings. The van der Waals surface area contributed by atoms with E-state index in [0.29, 0.717) is 30.1 Å². The van der Waals surface area contributed by atoms with Gasteiger partial charge in [-0.1, -0.05) is 11.2 Å². The molecule has 1 heterocycles. The van der Waals surface area contributed by atoms with Gasteiger partial charge in [-0.2, -0.15) is 4.98 Å². The van der Waals surface area contributed by atoms with Crippen molar-refractivity contribution in [2.45, 2.75) is 31.2 Å². The summed E-state index contributed by atoms with van der Waals surface area (Å²) in [4.78, 5) is 16.3. The fraction of sp³-hybridized carbons (Fsp3) is 0.400. The third-order valence-electron chi connectivity index (χ3n) is 3.52. The second-order valence-electron chi connectivity index (χ2n) is 5.63. The van der Waals surface area contributed by atoms with Crippen LogP contribution in [0.25, 0.3) is 0 Å². The molecule has 0 bridgehead atoms. The SMILES string of the molecule is COCCc1noc(C(C)NC(=O)Nc2cc(S(N)(=O)=O)ccc2C)n1. The number of aromatic nitrogens is 2. The Kier molecular flexibility index (Phi) is 6.29. The molecule has 1 unspecified atom stereocenters. The van der Waals surface area contributed by atoms with Crippen molar-refractivity contribution in [1.82, 2.24) is 15.5 Å². The Morgan fingerprint density at radius 2 is 2.15 bits per heavy atom. The zero-order valence-electron chi connectivity index (χ0n) is 14.6. The highest BCUT2D eigenvalue weighted by molar-refractivity contribution is 7.89. The van der Waals surface area contributed by atoms with Gasteiger partial charge >= 0.3 is 6.03 Å². The van der Waals surface area contributed by atoms with Crippen LogP contribution >= 0.6 is 0 Å². The molecule has 4 N–H and O–H groups in total. The summed E-state index contributed by atoms with van der Waals surface area (Å²) in [6, 6.07) is 3.13. The molecule has 2 aromatic rings. The Labute approximate surface area is 151 Å². The Balaban J connectivity index is 2.03. The molecule has 2 amide bonds. The highest BCUT2D eigenvalue weighted by Gasteiger charge is 2.18. The van der Waals surface area contributed by atoms with E-state index < -0.39 is 22.1 Å². The van der Waals surface area contributed by atoms with Gasteiger partial charge in [0.15, 0.2) is 5.82 Å². The lowest BCUT2D eigenvalue weighted by Crippen LogP contribution is -2.31. The van der Waals surface area contributed by atoms with Crippen LogP contribution in [0.2, 0.25) is 0 Å². The van der Waals surface area contributed by atoms with Crippen LogP contribution in [-0.4, -0.2) is 38.3 Å². The molecule has 0 saturated heterocycles. The predicted molar refractivity (Wildman–Crippen MR) is 93.0 cm³/mol. The minimum Gasteiger partial charge on any atom is -0.384 e. The predicted octanol–water partition coefficient (Wildman–Crippen LogP) is 1.10. The molecule has 142 valence electrons. The number of aryl methyl sites for hydroxylation is 1.